The first-order valence-electron chi connectivity index (χ1n) is 10.9. The van der Waals surface area contributed by atoms with Crippen LogP contribution in [-0.2, 0) is 4.74 Å². The summed E-state index contributed by atoms with van der Waals surface area (Å²) in [7, 11) is 1.69. The largest absolute Gasteiger partial charge is 0.497 e. The van der Waals surface area contributed by atoms with Gasteiger partial charge in [0, 0.05) is 37.5 Å². The summed E-state index contributed by atoms with van der Waals surface area (Å²) in [4.78, 5) is 22.4. The number of ether oxygens (including phenoxy) is 2. The van der Waals surface area contributed by atoms with E-state index in [1.807, 2.05) is 47.4 Å². The molecule has 0 bridgehead atoms. The molecule has 3 heterocycles. The normalized spacial score (nSPS) is 19.1. The summed E-state index contributed by atoms with van der Waals surface area (Å²) in [6, 6.07) is 18.2. The van der Waals surface area contributed by atoms with Crippen LogP contribution in [-0.4, -0.2) is 62.3 Å². The SMILES string of the molecule is COc1ccc([C@H]2CCN(c3cc(C(=O)N4CCOCC4)c4ccccc4n3)C2)cc1. The summed E-state index contributed by atoms with van der Waals surface area (Å²) in [6.07, 6.45) is 1.06. The van der Waals surface area contributed by atoms with Gasteiger partial charge in [0.15, 0.2) is 0 Å². The quantitative estimate of drug-likeness (QED) is 0.648. The molecular weight excluding hydrogens is 390 g/mol. The van der Waals surface area contributed by atoms with Crippen molar-refractivity contribution in [1.82, 2.24) is 9.88 Å². The Balaban J connectivity index is 1.44. The number of anilines is 1. The summed E-state index contributed by atoms with van der Waals surface area (Å²) < 4.78 is 10.7. The monoisotopic (exact) mass is 417 g/mol. The van der Waals surface area contributed by atoms with Crippen LogP contribution in [0.2, 0.25) is 0 Å². The van der Waals surface area contributed by atoms with Crippen molar-refractivity contribution >= 4 is 22.6 Å². The van der Waals surface area contributed by atoms with Gasteiger partial charge in [-0.05, 0) is 36.2 Å². The number of carbonyl (C=O) groups excluding carboxylic acids is 1. The Morgan fingerprint density at radius 1 is 1.06 bits per heavy atom. The highest BCUT2D eigenvalue weighted by Crippen LogP contribution is 2.33. The molecule has 0 radical (unpaired) electrons. The van der Waals surface area contributed by atoms with Crippen molar-refractivity contribution in [2.75, 3.05) is 51.4 Å². The number of carbonyl (C=O) groups is 1. The van der Waals surface area contributed by atoms with Crippen molar-refractivity contribution in [1.29, 1.82) is 0 Å². The predicted octanol–water partition coefficient (Wildman–Crippen LogP) is 3.71. The number of benzene rings is 2. The number of hydrogen-bond donors (Lipinski definition) is 0. The highest BCUT2D eigenvalue weighted by Gasteiger charge is 2.27. The van der Waals surface area contributed by atoms with Gasteiger partial charge in [0.1, 0.15) is 11.6 Å². The second-order valence-electron chi connectivity index (χ2n) is 8.15. The molecule has 6 nitrogen and oxygen atoms in total. The van der Waals surface area contributed by atoms with E-state index in [4.69, 9.17) is 14.5 Å². The minimum Gasteiger partial charge on any atom is -0.497 e. The van der Waals surface area contributed by atoms with Crippen LogP contribution < -0.4 is 9.64 Å². The molecule has 2 aromatic carbocycles. The number of pyridine rings is 1. The molecule has 1 amide bonds. The minimum atomic E-state index is 0.0639. The molecule has 5 rings (SSSR count). The molecule has 0 saturated carbocycles. The van der Waals surface area contributed by atoms with Gasteiger partial charge < -0.3 is 19.3 Å². The molecule has 3 aromatic rings. The summed E-state index contributed by atoms with van der Waals surface area (Å²) in [6.45, 7) is 4.27. The number of hydrogen-bond acceptors (Lipinski definition) is 5. The van der Waals surface area contributed by atoms with Crippen LogP contribution in [0.15, 0.2) is 54.6 Å². The second-order valence-corrected chi connectivity index (χ2v) is 8.15. The van der Waals surface area contributed by atoms with Gasteiger partial charge in [-0.2, -0.15) is 0 Å². The number of para-hydroxylation sites is 1. The van der Waals surface area contributed by atoms with Crippen LogP contribution >= 0.6 is 0 Å². The van der Waals surface area contributed by atoms with Crippen LogP contribution in [0, 0.1) is 0 Å². The average Bonchev–Trinajstić information content (AvgIpc) is 3.34. The number of nitrogens with zero attached hydrogens (tertiary/aromatic N) is 3. The third-order valence-corrected chi connectivity index (χ3v) is 6.33. The molecule has 0 spiro atoms. The third-order valence-electron chi connectivity index (χ3n) is 6.33. The molecule has 1 atom stereocenters. The minimum absolute atomic E-state index is 0.0639. The van der Waals surface area contributed by atoms with Crippen molar-refractivity contribution in [2.45, 2.75) is 12.3 Å². The van der Waals surface area contributed by atoms with E-state index >= 15 is 0 Å². The van der Waals surface area contributed by atoms with Crippen LogP contribution in [0.3, 0.4) is 0 Å². The van der Waals surface area contributed by atoms with Crippen molar-refractivity contribution in [3.8, 4) is 5.75 Å². The highest BCUT2D eigenvalue weighted by atomic mass is 16.5. The van der Waals surface area contributed by atoms with E-state index < -0.39 is 0 Å². The van der Waals surface area contributed by atoms with E-state index in [9.17, 15) is 4.79 Å². The Kier molecular flexibility index (Phi) is 5.47. The maximum Gasteiger partial charge on any atom is 0.254 e. The Morgan fingerprint density at radius 2 is 1.84 bits per heavy atom. The Morgan fingerprint density at radius 3 is 2.61 bits per heavy atom. The summed E-state index contributed by atoms with van der Waals surface area (Å²) in [5.74, 6) is 2.26. The van der Waals surface area contributed by atoms with Gasteiger partial charge in [-0.3, -0.25) is 4.79 Å². The van der Waals surface area contributed by atoms with Crippen molar-refractivity contribution < 1.29 is 14.3 Å². The zero-order valence-electron chi connectivity index (χ0n) is 17.8. The number of rotatable bonds is 4. The number of amides is 1. The number of fused-ring (bicyclic) bond motifs is 1. The highest BCUT2D eigenvalue weighted by molar-refractivity contribution is 6.07. The molecule has 2 fully saturated rings. The molecule has 160 valence electrons. The van der Waals surface area contributed by atoms with Gasteiger partial charge in [0.25, 0.3) is 5.91 Å². The maximum absolute atomic E-state index is 13.3. The van der Waals surface area contributed by atoms with Crippen LogP contribution in [0.5, 0.6) is 5.75 Å². The van der Waals surface area contributed by atoms with E-state index in [1.165, 1.54) is 5.56 Å². The van der Waals surface area contributed by atoms with Crippen molar-refractivity contribution in [3.63, 3.8) is 0 Å². The lowest BCUT2D eigenvalue weighted by atomic mass is 9.98. The number of methoxy groups -OCH3 is 1. The number of morpholine rings is 1. The van der Waals surface area contributed by atoms with E-state index in [0.29, 0.717) is 32.2 Å². The van der Waals surface area contributed by atoms with E-state index in [-0.39, 0.29) is 5.91 Å². The average molecular weight is 418 g/mol. The third kappa shape index (κ3) is 3.95. The van der Waals surface area contributed by atoms with Gasteiger partial charge in [-0.15, -0.1) is 0 Å². The van der Waals surface area contributed by atoms with E-state index in [0.717, 1.165) is 47.5 Å². The fourth-order valence-corrected chi connectivity index (χ4v) is 4.55. The Bertz CT molecular complexity index is 1080. The van der Waals surface area contributed by atoms with Crippen molar-refractivity contribution in [3.05, 3.63) is 65.7 Å². The Hall–Kier alpha value is -3.12. The molecule has 1 aromatic heterocycles. The molecule has 2 aliphatic heterocycles. The molecular formula is C25H27N3O3. The smallest absolute Gasteiger partial charge is 0.254 e. The molecule has 2 saturated heterocycles. The zero-order chi connectivity index (χ0) is 21.2. The van der Waals surface area contributed by atoms with Crippen molar-refractivity contribution in [2.24, 2.45) is 0 Å². The first-order valence-corrected chi connectivity index (χ1v) is 10.9. The van der Waals surface area contributed by atoms with E-state index in [2.05, 4.69) is 17.0 Å². The first kappa shape index (κ1) is 19.8. The van der Waals surface area contributed by atoms with Gasteiger partial charge in [-0.1, -0.05) is 30.3 Å². The lowest BCUT2D eigenvalue weighted by Gasteiger charge is -2.28. The fraction of sp³-hybridized carbons (Fsp3) is 0.360. The summed E-state index contributed by atoms with van der Waals surface area (Å²) >= 11 is 0. The van der Waals surface area contributed by atoms with E-state index in [1.54, 1.807) is 7.11 Å². The topological polar surface area (TPSA) is 54.9 Å². The van der Waals surface area contributed by atoms with Crippen LogP contribution in [0.4, 0.5) is 5.82 Å². The zero-order valence-corrected chi connectivity index (χ0v) is 17.8. The van der Waals surface area contributed by atoms with Gasteiger partial charge in [0.05, 0.1) is 31.4 Å². The Labute approximate surface area is 182 Å². The molecule has 0 aliphatic carbocycles. The van der Waals surface area contributed by atoms with Gasteiger partial charge in [0.2, 0.25) is 0 Å². The lowest BCUT2D eigenvalue weighted by molar-refractivity contribution is 0.0304. The molecule has 31 heavy (non-hydrogen) atoms. The molecule has 0 unspecified atom stereocenters. The predicted molar refractivity (Wildman–Crippen MR) is 121 cm³/mol. The standard InChI is InChI=1S/C25H27N3O3/c1-30-20-8-6-18(7-9-20)19-10-11-28(17-19)24-16-22(21-4-2-3-5-23(21)26-24)25(29)27-12-14-31-15-13-27/h2-9,16,19H,10-15,17H2,1H3/t19-/m0/s1. The summed E-state index contributed by atoms with van der Waals surface area (Å²) in [5.41, 5.74) is 2.91. The second kappa shape index (κ2) is 8.55. The molecule has 0 N–H and O–H groups in total. The fourth-order valence-electron chi connectivity index (χ4n) is 4.55. The van der Waals surface area contributed by atoms with Gasteiger partial charge >= 0.3 is 0 Å². The summed E-state index contributed by atoms with van der Waals surface area (Å²) in [5, 5.41) is 0.911. The maximum atomic E-state index is 13.3. The molecule has 6 heteroatoms. The first-order chi connectivity index (χ1) is 15.2. The van der Waals surface area contributed by atoms with Crippen LogP contribution in [0.1, 0.15) is 28.3 Å². The van der Waals surface area contributed by atoms with Crippen LogP contribution in [0.25, 0.3) is 10.9 Å². The van der Waals surface area contributed by atoms with Gasteiger partial charge in [-0.25, -0.2) is 4.98 Å². The lowest BCUT2D eigenvalue weighted by Crippen LogP contribution is -2.40. The number of aromatic nitrogens is 1. The molecule has 2 aliphatic rings.